The van der Waals surface area contributed by atoms with Crippen molar-refractivity contribution in [2.45, 2.75) is 63.5 Å². The summed E-state index contributed by atoms with van der Waals surface area (Å²) in [6, 6.07) is 7.74. The maximum Gasteiger partial charge on any atom is 0.0328 e. The van der Waals surface area contributed by atoms with E-state index in [1.54, 1.807) is 0 Å². The predicted octanol–water partition coefficient (Wildman–Crippen LogP) is 3.57. The van der Waals surface area contributed by atoms with Crippen molar-refractivity contribution in [3.8, 4) is 0 Å². The number of nitrogens with two attached hydrogens (primary N) is 1. The van der Waals surface area contributed by atoms with Gasteiger partial charge in [0.1, 0.15) is 0 Å². The molecule has 1 aromatic rings. The molecule has 3 rings (SSSR count). The van der Waals surface area contributed by atoms with E-state index in [-0.39, 0.29) is 0 Å². The van der Waals surface area contributed by atoms with E-state index < -0.39 is 0 Å². The summed E-state index contributed by atoms with van der Waals surface area (Å²) in [5, 5.41) is 3.89. The number of aryl methyl sites for hydroxylation is 1. The fourth-order valence-electron chi connectivity index (χ4n) is 3.54. The molecule has 98 valence electrons. The number of nitrogen functional groups attached to an aromatic ring is 1. The largest absolute Gasteiger partial charge is 0.399 e. The van der Waals surface area contributed by atoms with Gasteiger partial charge in [-0.05, 0) is 48.9 Å². The Bertz CT molecular complexity index is 406. The number of fused-ring (bicyclic) bond motifs is 1. The van der Waals surface area contributed by atoms with Gasteiger partial charge in [0.2, 0.25) is 0 Å². The standard InChI is InChI=1S/C16H24N2/c17-13-8-9-15-12(11-13)7-10-16(15)18-14-5-3-1-2-4-6-14/h8-9,11,14,16,18H,1-7,10,17H2. The van der Waals surface area contributed by atoms with Crippen LogP contribution in [0, 0.1) is 0 Å². The number of rotatable bonds is 2. The molecular formula is C16H24N2. The summed E-state index contributed by atoms with van der Waals surface area (Å²) < 4.78 is 0. The Balaban J connectivity index is 1.68. The molecule has 0 saturated heterocycles. The van der Waals surface area contributed by atoms with Crippen molar-refractivity contribution in [3.63, 3.8) is 0 Å². The molecule has 1 aromatic carbocycles. The van der Waals surface area contributed by atoms with Crippen LogP contribution in [0.25, 0.3) is 0 Å². The van der Waals surface area contributed by atoms with Crippen LogP contribution in [0.1, 0.15) is 62.1 Å². The Labute approximate surface area is 110 Å². The summed E-state index contributed by atoms with van der Waals surface area (Å²) in [5.74, 6) is 0. The van der Waals surface area contributed by atoms with Gasteiger partial charge in [-0.3, -0.25) is 0 Å². The number of hydrogen-bond donors (Lipinski definition) is 2. The zero-order valence-electron chi connectivity index (χ0n) is 11.1. The molecule has 1 atom stereocenters. The minimum atomic E-state index is 0.573. The smallest absolute Gasteiger partial charge is 0.0328 e. The second-order valence-corrected chi connectivity index (χ2v) is 5.90. The maximum absolute atomic E-state index is 5.86. The molecule has 0 spiro atoms. The molecule has 18 heavy (non-hydrogen) atoms. The van der Waals surface area contributed by atoms with Gasteiger partial charge < -0.3 is 11.1 Å². The summed E-state index contributed by atoms with van der Waals surface area (Å²) in [5.41, 5.74) is 9.72. The van der Waals surface area contributed by atoms with E-state index in [2.05, 4.69) is 17.4 Å². The van der Waals surface area contributed by atoms with E-state index in [9.17, 15) is 0 Å². The van der Waals surface area contributed by atoms with E-state index >= 15 is 0 Å². The molecule has 2 heteroatoms. The normalized spacial score (nSPS) is 24.8. The number of hydrogen-bond acceptors (Lipinski definition) is 2. The molecule has 2 aliphatic carbocycles. The van der Waals surface area contributed by atoms with Crippen molar-refractivity contribution in [1.82, 2.24) is 5.32 Å². The first-order valence-corrected chi connectivity index (χ1v) is 7.47. The fourth-order valence-corrected chi connectivity index (χ4v) is 3.54. The number of benzene rings is 1. The Morgan fingerprint density at radius 3 is 2.56 bits per heavy atom. The molecular weight excluding hydrogens is 220 g/mol. The van der Waals surface area contributed by atoms with E-state index in [1.807, 2.05) is 6.07 Å². The summed E-state index contributed by atoms with van der Waals surface area (Å²) in [4.78, 5) is 0. The first kappa shape index (κ1) is 12.0. The van der Waals surface area contributed by atoms with Gasteiger partial charge >= 0.3 is 0 Å². The van der Waals surface area contributed by atoms with Gasteiger partial charge in [-0.1, -0.05) is 31.7 Å². The molecule has 2 nitrogen and oxygen atoms in total. The van der Waals surface area contributed by atoms with Crippen LogP contribution in [0.2, 0.25) is 0 Å². The van der Waals surface area contributed by atoms with Crippen LogP contribution in [0.3, 0.4) is 0 Å². The van der Waals surface area contributed by atoms with Crippen molar-refractivity contribution >= 4 is 5.69 Å². The summed E-state index contributed by atoms with van der Waals surface area (Å²) in [6.07, 6.45) is 10.8. The van der Waals surface area contributed by atoms with Crippen molar-refractivity contribution < 1.29 is 0 Å². The van der Waals surface area contributed by atoms with Gasteiger partial charge in [0.15, 0.2) is 0 Å². The lowest BCUT2D eigenvalue weighted by Crippen LogP contribution is -2.31. The highest BCUT2D eigenvalue weighted by molar-refractivity contribution is 5.47. The van der Waals surface area contributed by atoms with Gasteiger partial charge in [0.05, 0.1) is 0 Å². The molecule has 2 aliphatic rings. The topological polar surface area (TPSA) is 38.0 Å². The lowest BCUT2D eigenvalue weighted by molar-refractivity contribution is 0.397. The minimum absolute atomic E-state index is 0.573. The minimum Gasteiger partial charge on any atom is -0.399 e. The molecule has 0 aliphatic heterocycles. The van der Waals surface area contributed by atoms with Gasteiger partial charge in [-0.25, -0.2) is 0 Å². The highest BCUT2D eigenvalue weighted by atomic mass is 15.0. The fraction of sp³-hybridized carbons (Fsp3) is 0.625. The first-order chi connectivity index (χ1) is 8.83. The van der Waals surface area contributed by atoms with Crippen molar-refractivity contribution in [3.05, 3.63) is 29.3 Å². The number of nitrogens with one attached hydrogen (secondary N) is 1. The SMILES string of the molecule is Nc1ccc2c(c1)CCC2NC1CCCCCC1. The second-order valence-electron chi connectivity index (χ2n) is 5.90. The third-order valence-electron chi connectivity index (χ3n) is 4.54. The summed E-state index contributed by atoms with van der Waals surface area (Å²) >= 11 is 0. The Morgan fingerprint density at radius 1 is 1.00 bits per heavy atom. The number of anilines is 1. The van der Waals surface area contributed by atoms with Crippen molar-refractivity contribution in [2.24, 2.45) is 0 Å². The monoisotopic (exact) mass is 244 g/mol. The van der Waals surface area contributed by atoms with Crippen LogP contribution in [-0.4, -0.2) is 6.04 Å². The lowest BCUT2D eigenvalue weighted by Gasteiger charge is -2.22. The first-order valence-electron chi connectivity index (χ1n) is 7.47. The van der Waals surface area contributed by atoms with Gasteiger partial charge in [-0.2, -0.15) is 0 Å². The molecule has 1 fully saturated rings. The van der Waals surface area contributed by atoms with Gasteiger partial charge in [-0.15, -0.1) is 0 Å². The van der Waals surface area contributed by atoms with Crippen LogP contribution in [0.5, 0.6) is 0 Å². The van der Waals surface area contributed by atoms with Crippen molar-refractivity contribution in [1.29, 1.82) is 0 Å². The molecule has 0 aromatic heterocycles. The van der Waals surface area contributed by atoms with Crippen LogP contribution < -0.4 is 11.1 Å². The second kappa shape index (κ2) is 5.31. The van der Waals surface area contributed by atoms with E-state index in [0.29, 0.717) is 6.04 Å². The summed E-state index contributed by atoms with van der Waals surface area (Å²) in [6.45, 7) is 0. The zero-order valence-corrected chi connectivity index (χ0v) is 11.1. The zero-order chi connectivity index (χ0) is 12.4. The van der Waals surface area contributed by atoms with Crippen LogP contribution in [0.4, 0.5) is 5.69 Å². The Kier molecular flexibility index (Phi) is 3.55. The van der Waals surface area contributed by atoms with Gasteiger partial charge in [0, 0.05) is 17.8 Å². The highest BCUT2D eigenvalue weighted by Gasteiger charge is 2.25. The predicted molar refractivity (Wildman–Crippen MR) is 76.5 cm³/mol. The van der Waals surface area contributed by atoms with Gasteiger partial charge in [0.25, 0.3) is 0 Å². The molecule has 0 amide bonds. The third-order valence-corrected chi connectivity index (χ3v) is 4.54. The quantitative estimate of drug-likeness (QED) is 0.616. The highest BCUT2D eigenvalue weighted by Crippen LogP contribution is 2.33. The van der Waals surface area contributed by atoms with E-state index in [0.717, 1.165) is 11.7 Å². The van der Waals surface area contributed by atoms with Crippen LogP contribution in [0.15, 0.2) is 18.2 Å². The molecule has 0 radical (unpaired) electrons. The van der Waals surface area contributed by atoms with Crippen molar-refractivity contribution in [2.75, 3.05) is 5.73 Å². The molecule has 1 saturated carbocycles. The molecule has 0 heterocycles. The average Bonchev–Trinajstić information content (AvgIpc) is 2.59. The van der Waals surface area contributed by atoms with E-state index in [4.69, 9.17) is 5.73 Å². The van der Waals surface area contributed by atoms with Crippen LogP contribution in [-0.2, 0) is 6.42 Å². The molecule has 0 bridgehead atoms. The Morgan fingerprint density at radius 2 is 1.78 bits per heavy atom. The van der Waals surface area contributed by atoms with E-state index in [1.165, 1.54) is 62.5 Å². The summed E-state index contributed by atoms with van der Waals surface area (Å²) in [7, 11) is 0. The average molecular weight is 244 g/mol. The van der Waals surface area contributed by atoms with Crippen LogP contribution >= 0.6 is 0 Å². The molecule has 1 unspecified atom stereocenters. The molecule has 3 N–H and O–H groups in total. The third kappa shape index (κ3) is 2.54. The lowest BCUT2D eigenvalue weighted by atomic mass is 10.0. The Hall–Kier alpha value is -1.02. The maximum atomic E-state index is 5.86.